The summed E-state index contributed by atoms with van der Waals surface area (Å²) >= 11 is 3.46. The number of para-hydroxylation sites is 1. The molecule has 2 N–H and O–H groups in total. The van der Waals surface area contributed by atoms with E-state index in [0.717, 1.165) is 36.8 Å². The Hall–Kier alpha value is -2.03. The van der Waals surface area contributed by atoms with Gasteiger partial charge >= 0.3 is 0 Å². The summed E-state index contributed by atoms with van der Waals surface area (Å²) in [6.45, 7) is 2.03. The molecule has 0 saturated carbocycles. The molecule has 1 aliphatic heterocycles. The topological polar surface area (TPSA) is 74.4 Å². The van der Waals surface area contributed by atoms with Crippen molar-refractivity contribution in [3.8, 4) is 5.75 Å². The highest BCUT2D eigenvalue weighted by Crippen LogP contribution is 2.36. The Morgan fingerprint density at radius 3 is 2.59 bits per heavy atom. The second-order valence-corrected chi connectivity index (χ2v) is 10.1. The van der Waals surface area contributed by atoms with Crippen molar-refractivity contribution in [1.82, 2.24) is 9.88 Å². The summed E-state index contributed by atoms with van der Waals surface area (Å²) in [6, 6.07) is 12.8. The molecule has 1 fully saturated rings. The third-order valence-corrected chi connectivity index (χ3v) is 8.24. The molecular weight excluding hydrogens is 454 g/mol. The van der Waals surface area contributed by atoms with Crippen molar-refractivity contribution in [3.63, 3.8) is 0 Å². The minimum atomic E-state index is -3.73. The van der Waals surface area contributed by atoms with Gasteiger partial charge in [0.05, 0.1) is 22.2 Å². The first-order chi connectivity index (χ1) is 13.9. The first kappa shape index (κ1) is 20.3. The fourth-order valence-electron chi connectivity index (χ4n) is 3.73. The van der Waals surface area contributed by atoms with Gasteiger partial charge in [-0.1, -0.05) is 18.2 Å². The van der Waals surface area contributed by atoms with Gasteiger partial charge in [-0.05, 0) is 73.2 Å². The van der Waals surface area contributed by atoms with Gasteiger partial charge in [-0.2, -0.15) is 0 Å². The Balaban J connectivity index is 1.71. The average molecular weight is 478 g/mol. The third-order valence-electron chi connectivity index (χ3n) is 5.44. The number of nitrogens with zero attached hydrogens (tertiary/aromatic N) is 1. The van der Waals surface area contributed by atoms with Crippen molar-refractivity contribution in [1.29, 1.82) is 0 Å². The Kier molecular flexibility index (Phi) is 5.59. The van der Waals surface area contributed by atoms with Crippen molar-refractivity contribution in [2.45, 2.75) is 28.8 Å². The van der Waals surface area contributed by atoms with Gasteiger partial charge < -0.3 is 19.9 Å². The highest BCUT2D eigenvalue weighted by molar-refractivity contribution is 9.10. The van der Waals surface area contributed by atoms with Crippen LogP contribution >= 0.6 is 15.9 Å². The van der Waals surface area contributed by atoms with Gasteiger partial charge in [0.15, 0.2) is 5.03 Å². The quantitative estimate of drug-likeness (QED) is 0.573. The van der Waals surface area contributed by atoms with Gasteiger partial charge in [-0.3, -0.25) is 0 Å². The zero-order valence-corrected chi connectivity index (χ0v) is 18.8. The molecule has 2 aromatic carbocycles. The maximum absolute atomic E-state index is 13.4. The number of likely N-dealkylation sites (tertiary alicyclic amines) is 1. The van der Waals surface area contributed by atoms with Crippen LogP contribution in [0.4, 0.5) is 5.69 Å². The SMILES string of the molecule is COc1ccc(S(=O)(=O)c2[nH]c3ccccc3c2Br)cc1NC1CCN(C)CC1. The molecule has 154 valence electrons. The van der Waals surface area contributed by atoms with Gasteiger partial charge in [0.1, 0.15) is 5.75 Å². The number of hydrogen-bond acceptors (Lipinski definition) is 5. The lowest BCUT2D eigenvalue weighted by Crippen LogP contribution is -2.36. The number of H-pyrrole nitrogens is 1. The van der Waals surface area contributed by atoms with Crippen LogP contribution in [0.25, 0.3) is 10.9 Å². The Morgan fingerprint density at radius 1 is 1.17 bits per heavy atom. The van der Waals surface area contributed by atoms with Gasteiger partial charge in [0.2, 0.25) is 9.84 Å². The number of hydrogen-bond donors (Lipinski definition) is 2. The monoisotopic (exact) mass is 477 g/mol. The summed E-state index contributed by atoms with van der Waals surface area (Å²) in [6.07, 6.45) is 2.01. The first-order valence-electron chi connectivity index (χ1n) is 9.54. The average Bonchev–Trinajstić information content (AvgIpc) is 3.07. The summed E-state index contributed by atoms with van der Waals surface area (Å²) in [7, 11) is -0.0266. The molecule has 1 aliphatic rings. The van der Waals surface area contributed by atoms with Gasteiger partial charge in [0.25, 0.3) is 0 Å². The van der Waals surface area contributed by atoms with Gasteiger partial charge in [-0.25, -0.2) is 8.42 Å². The van der Waals surface area contributed by atoms with Crippen LogP contribution in [0, 0.1) is 0 Å². The maximum atomic E-state index is 13.4. The van der Waals surface area contributed by atoms with Crippen LogP contribution in [0.15, 0.2) is 56.9 Å². The predicted octanol–water partition coefficient (Wildman–Crippen LogP) is 4.28. The molecule has 3 aromatic rings. The van der Waals surface area contributed by atoms with Crippen LogP contribution in [-0.4, -0.2) is 51.6 Å². The van der Waals surface area contributed by atoms with E-state index in [4.69, 9.17) is 4.74 Å². The lowest BCUT2D eigenvalue weighted by atomic mass is 10.1. The molecule has 2 heterocycles. The number of sulfone groups is 1. The molecule has 29 heavy (non-hydrogen) atoms. The Labute approximate surface area is 179 Å². The number of benzene rings is 2. The molecule has 1 aromatic heterocycles. The second-order valence-electron chi connectivity index (χ2n) is 7.40. The fourth-order valence-corrected chi connectivity index (χ4v) is 6.16. The zero-order valence-electron chi connectivity index (χ0n) is 16.4. The number of ether oxygens (including phenoxy) is 1. The first-order valence-corrected chi connectivity index (χ1v) is 11.8. The van der Waals surface area contributed by atoms with Crippen LogP contribution < -0.4 is 10.1 Å². The molecule has 0 unspecified atom stereocenters. The number of aromatic amines is 1. The fraction of sp³-hybridized carbons (Fsp3) is 0.333. The van der Waals surface area contributed by atoms with Crippen molar-refractivity contribution in [2.75, 3.05) is 32.6 Å². The van der Waals surface area contributed by atoms with Gasteiger partial charge in [-0.15, -0.1) is 0 Å². The molecule has 4 rings (SSSR count). The van der Waals surface area contributed by atoms with Crippen molar-refractivity contribution in [2.24, 2.45) is 0 Å². The summed E-state index contributed by atoms with van der Waals surface area (Å²) in [5, 5.41) is 4.49. The molecule has 0 radical (unpaired) electrons. The number of fused-ring (bicyclic) bond motifs is 1. The van der Waals surface area contributed by atoms with Crippen molar-refractivity contribution >= 4 is 42.4 Å². The predicted molar refractivity (Wildman–Crippen MR) is 119 cm³/mol. The molecule has 6 nitrogen and oxygen atoms in total. The molecule has 0 bridgehead atoms. The smallest absolute Gasteiger partial charge is 0.223 e. The summed E-state index contributed by atoms with van der Waals surface area (Å²) in [5.41, 5.74) is 1.48. The molecule has 0 spiro atoms. The lowest BCUT2D eigenvalue weighted by Gasteiger charge is -2.30. The van der Waals surface area contributed by atoms with E-state index in [1.54, 1.807) is 25.3 Å². The minimum absolute atomic E-state index is 0.161. The molecule has 0 atom stereocenters. The molecule has 0 aliphatic carbocycles. The highest BCUT2D eigenvalue weighted by atomic mass is 79.9. The summed E-state index contributed by atoms with van der Waals surface area (Å²) in [4.78, 5) is 5.56. The largest absolute Gasteiger partial charge is 0.495 e. The van der Waals surface area contributed by atoms with Crippen molar-refractivity contribution < 1.29 is 13.2 Å². The van der Waals surface area contributed by atoms with E-state index in [9.17, 15) is 8.42 Å². The van der Waals surface area contributed by atoms with E-state index in [2.05, 4.69) is 38.2 Å². The summed E-state index contributed by atoms with van der Waals surface area (Å²) in [5.74, 6) is 0.638. The van der Waals surface area contributed by atoms with Crippen LogP contribution in [0.3, 0.4) is 0 Å². The van der Waals surface area contributed by atoms with Crippen LogP contribution in [0.1, 0.15) is 12.8 Å². The van der Waals surface area contributed by atoms with Crippen LogP contribution in [0.5, 0.6) is 5.75 Å². The Morgan fingerprint density at radius 2 is 1.90 bits per heavy atom. The maximum Gasteiger partial charge on any atom is 0.223 e. The number of anilines is 1. The molecule has 8 heteroatoms. The van der Waals surface area contributed by atoms with E-state index in [1.165, 1.54) is 0 Å². The van der Waals surface area contributed by atoms with E-state index in [-0.39, 0.29) is 16.0 Å². The number of nitrogens with one attached hydrogen (secondary N) is 2. The van der Waals surface area contributed by atoms with E-state index in [1.807, 2.05) is 24.3 Å². The normalized spacial score (nSPS) is 16.2. The standard InChI is InChI=1S/C21H24BrN3O3S/c1-25-11-9-14(10-12-25)23-18-13-15(7-8-19(18)28-2)29(26,27)21-20(22)16-5-3-4-6-17(16)24-21/h3-8,13-14,23-24H,9-12H2,1-2H3. The number of aromatic nitrogens is 1. The number of rotatable bonds is 5. The van der Waals surface area contributed by atoms with E-state index >= 15 is 0 Å². The van der Waals surface area contributed by atoms with Crippen LogP contribution in [0.2, 0.25) is 0 Å². The van der Waals surface area contributed by atoms with Gasteiger partial charge in [0, 0.05) is 16.9 Å². The lowest BCUT2D eigenvalue weighted by molar-refractivity contribution is 0.263. The zero-order chi connectivity index (χ0) is 20.6. The second kappa shape index (κ2) is 8.01. The van der Waals surface area contributed by atoms with Crippen molar-refractivity contribution in [3.05, 3.63) is 46.9 Å². The number of halogens is 1. The van der Waals surface area contributed by atoms with E-state index < -0.39 is 9.84 Å². The number of piperidine rings is 1. The summed E-state index contributed by atoms with van der Waals surface area (Å²) < 4.78 is 32.8. The molecule has 1 saturated heterocycles. The minimum Gasteiger partial charge on any atom is -0.495 e. The molecule has 0 amide bonds. The molecular formula is C21H24BrN3O3S. The van der Waals surface area contributed by atoms with Crippen LogP contribution in [-0.2, 0) is 9.84 Å². The Bertz CT molecular complexity index is 1140. The number of methoxy groups -OCH3 is 1. The highest BCUT2D eigenvalue weighted by Gasteiger charge is 2.26. The third kappa shape index (κ3) is 3.89. The van der Waals surface area contributed by atoms with E-state index in [0.29, 0.717) is 15.9 Å².